The number of esters is 1. The average Bonchev–Trinajstić information content (AvgIpc) is 3.10. The molecule has 174 valence electrons. The topological polar surface area (TPSA) is 118 Å². The Morgan fingerprint density at radius 1 is 1.09 bits per heavy atom. The highest BCUT2D eigenvalue weighted by molar-refractivity contribution is 7.86. The Hall–Kier alpha value is -2.34. The van der Waals surface area contributed by atoms with E-state index in [1.165, 1.54) is 7.11 Å². The number of methoxy groups -OCH3 is 1. The number of carbonyl (C=O) groups is 1. The molecule has 2 aromatic carbocycles. The van der Waals surface area contributed by atoms with E-state index in [0.717, 1.165) is 11.8 Å². The molecule has 1 heterocycles. The van der Waals surface area contributed by atoms with Gasteiger partial charge < -0.3 is 24.1 Å². The number of hydrogen-bond acceptors (Lipinski definition) is 9. The number of ether oxygens (including phenoxy) is 4. The van der Waals surface area contributed by atoms with E-state index in [1.54, 1.807) is 30.3 Å². The molecule has 1 N–H and O–H groups in total. The Balaban J connectivity index is 1.77. The Labute approximate surface area is 186 Å². The third-order valence-corrected chi connectivity index (χ3v) is 5.40. The predicted octanol–water partition coefficient (Wildman–Crippen LogP) is 1.51. The van der Waals surface area contributed by atoms with Gasteiger partial charge in [-0.25, -0.2) is 4.79 Å². The van der Waals surface area contributed by atoms with Crippen molar-refractivity contribution in [2.75, 3.05) is 20.0 Å². The molecule has 5 atom stereocenters. The lowest BCUT2D eigenvalue weighted by atomic mass is 10.1. The van der Waals surface area contributed by atoms with Crippen molar-refractivity contribution < 1.29 is 41.4 Å². The van der Waals surface area contributed by atoms with Gasteiger partial charge in [-0.2, -0.15) is 8.42 Å². The van der Waals surface area contributed by atoms with E-state index in [4.69, 9.17) is 23.1 Å². The normalized spacial score (nSPS) is 24.2. The molecule has 1 aliphatic rings. The summed E-state index contributed by atoms with van der Waals surface area (Å²) in [6.45, 7) is -0.311. The van der Waals surface area contributed by atoms with Gasteiger partial charge in [0.25, 0.3) is 10.1 Å². The largest absolute Gasteiger partial charge is 0.459 e. The number of aliphatic hydroxyl groups is 1. The van der Waals surface area contributed by atoms with Crippen LogP contribution in [0.15, 0.2) is 60.7 Å². The van der Waals surface area contributed by atoms with E-state index in [2.05, 4.69) is 0 Å². The fraction of sp³-hybridized carbons (Fsp3) is 0.409. The summed E-state index contributed by atoms with van der Waals surface area (Å²) < 4.78 is 50.9. The van der Waals surface area contributed by atoms with Crippen LogP contribution < -0.4 is 0 Å². The van der Waals surface area contributed by atoms with E-state index < -0.39 is 53.4 Å². The third-order valence-electron chi connectivity index (χ3n) is 4.80. The highest BCUT2D eigenvalue weighted by Gasteiger charge is 2.50. The Morgan fingerprint density at radius 3 is 2.31 bits per heavy atom. The van der Waals surface area contributed by atoms with Crippen LogP contribution in [0.5, 0.6) is 0 Å². The first kappa shape index (κ1) is 24.3. The molecule has 1 fully saturated rings. The number of hydrogen-bond donors (Lipinski definition) is 1. The summed E-state index contributed by atoms with van der Waals surface area (Å²) in [6.07, 6.45) is -4.77. The maximum absolute atomic E-state index is 12.3. The molecule has 1 saturated heterocycles. The highest BCUT2D eigenvalue weighted by atomic mass is 32.2. The van der Waals surface area contributed by atoms with Crippen molar-refractivity contribution in [1.29, 1.82) is 0 Å². The van der Waals surface area contributed by atoms with Crippen LogP contribution in [0.25, 0.3) is 0 Å². The summed E-state index contributed by atoms with van der Waals surface area (Å²) in [6, 6.07) is 17.5. The molecule has 32 heavy (non-hydrogen) atoms. The van der Waals surface area contributed by atoms with Crippen LogP contribution in [-0.2, 0) is 39.9 Å². The minimum Gasteiger partial charge on any atom is -0.459 e. The third kappa shape index (κ3) is 6.58. The van der Waals surface area contributed by atoms with Gasteiger partial charge in [-0.1, -0.05) is 48.5 Å². The Bertz CT molecular complexity index is 965. The monoisotopic (exact) mass is 466 g/mol. The van der Waals surface area contributed by atoms with Gasteiger partial charge in [0.2, 0.25) is 0 Å². The molecule has 0 aliphatic carbocycles. The predicted molar refractivity (Wildman–Crippen MR) is 113 cm³/mol. The number of carbonyl (C=O) groups excluding carboxylic acids is 1. The van der Waals surface area contributed by atoms with Crippen LogP contribution in [0.2, 0.25) is 0 Å². The lowest BCUT2D eigenvalue weighted by Gasteiger charge is -2.27. The van der Waals surface area contributed by atoms with E-state index in [-0.39, 0.29) is 6.61 Å². The van der Waals surface area contributed by atoms with E-state index in [1.807, 2.05) is 30.3 Å². The molecule has 0 saturated carbocycles. The molecular weight excluding hydrogens is 440 g/mol. The Morgan fingerprint density at radius 2 is 1.72 bits per heavy atom. The molecule has 2 unspecified atom stereocenters. The van der Waals surface area contributed by atoms with E-state index in [0.29, 0.717) is 5.56 Å². The van der Waals surface area contributed by atoms with Gasteiger partial charge >= 0.3 is 5.97 Å². The molecule has 0 radical (unpaired) electrons. The lowest BCUT2D eigenvalue weighted by Crippen LogP contribution is -2.45. The van der Waals surface area contributed by atoms with Crippen LogP contribution in [0.1, 0.15) is 15.9 Å². The van der Waals surface area contributed by atoms with Crippen molar-refractivity contribution >= 4 is 16.1 Å². The van der Waals surface area contributed by atoms with Gasteiger partial charge in [-0.3, -0.25) is 4.18 Å². The molecule has 0 spiro atoms. The van der Waals surface area contributed by atoms with Crippen LogP contribution in [-0.4, -0.2) is 70.2 Å². The molecule has 10 heteroatoms. The maximum atomic E-state index is 12.3. The average molecular weight is 467 g/mol. The zero-order valence-corrected chi connectivity index (χ0v) is 18.5. The van der Waals surface area contributed by atoms with Gasteiger partial charge in [0.15, 0.2) is 6.29 Å². The van der Waals surface area contributed by atoms with E-state index in [9.17, 15) is 18.3 Å². The summed E-state index contributed by atoms with van der Waals surface area (Å²) in [7, 11) is -2.62. The zero-order valence-electron chi connectivity index (χ0n) is 17.7. The van der Waals surface area contributed by atoms with Crippen LogP contribution >= 0.6 is 0 Å². The first-order valence-corrected chi connectivity index (χ1v) is 11.7. The van der Waals surface area contributed by atoms with Crippen LogP contribution in [0, 0.1) is 0 Å². The van der Waals surface area contributed by atoms with Gasteiger partial charge in [-0.15, -0.1) is 0 Å². The van der Waals surface area contributed by atoms with Gasteiger partial charge in [-0.05, 0) is 17.7 Å². The first-order valence-electron chi connectivity index (χ1n) is 9.91. The van der Waals surface area contributed by atoms with E-state index >= 15 is 0 Å². The number of aliphatic hydroxyl groups excluding tert-OH is 1. The van der Waals surface area contributed by atoms with Crippen molar-refractivity contribution in [2.45, 2.75) is 37.3 Å². The smallest absolute Gasteiger partial charge is 0.338 e. The molecule has 9 nitrogen and oxygen atoms in total. The standard InChI is InChI=1S/C22H26O9S/c1-27-22-18(23)20(28-13-15-9-5-3-6-10-15)19(30-22)17(31-32(2,25)26)14-29-21(24)16-11-7-4-8-12-16/h3-12,17-20,22-23H,13-14H2,1-2H3/t17-,18?,19-,20+,22?/m1/s1. The van der Waals surface area contributed by atoms with Crippen molar-refractivity contribution in [3.05, 3.63) is 71.8 Å². The number of rotatable bonds is 10. The fourth-order valence-corrected chi connectivity index (χ4v) is 3.95. The minimum absolute atomic E-state index is 0.133. The lowest BCUT2D eigenvalue weighted by molar-refractivity contribution is -0.163. The second-order valence-corrected chi connectivity index (χ2v) is 8.86. The summed E-state index contributed by atoms with van der Waals surface area (Å²) >= 11 is 0. The highest BCUT2D eigenvalue weighted by Crippen LogP contribution is 2.30. The summed E-state index contributed by atoms with van der Waals surface area (Å²) in [5.74, 6) is -0.656. The van der Waals surface area contributed by atoms with Crippen molar-refractivity contribution in [1.82, 2.24) is 0 Å². The SMILES string of the molecule is COC1O[C@H]([C@@H](COC(=O)c2ccccc2)OS(C)(=O)=O)[C@@H](OCc2ccccc2)C1O. The van der Waals surface area contributed by atoms with Crippen molar-refractivity contribution in [2.24, 2.45) is 0 Å². The van der Waals surface area contributed by atoms with Crippen LogP contribution in [0.4, 0.5) is 0 Å². The molecule has 0 bridgehead atoms. The molecule has 1 aliphatic heterocycles. The first-order chi connectivity index (χ1) is 15.3. The summed E-state index contributed by atoms with van der Waals surface area (Å²) in [5.41, 5.74) is 1.14. The second kappa shape index (κ2) is 11.0. The molecule has 3 rings (SSSR count). The molecular formula is C22H26O9S. The van der Waals surface area contributed by atoms with Crippen molar-refractivity contribution in [3.63, 3.8) is 0 Å². The molecule has 0 amide bonds. The number of benzene rings is 2. The summed E-state index contributed by atoms with van der Waals surface area (Å²) in [5, 5.41) is 10.6. The fourth-order valence-electron chi connectivity index (χ4n) is 3.33. The quantitative estimate of drug-likeness (QED) is 0.411. The minimum atomic E-state index is -3.95. The van der Waals surface area contributed by atoms with Gasteiger partial charge in [0, 0.05) is 7.11 Å². The van der Waals surface area contributed by atoms with Crippen LogP contribution in [0.3, 0.4) is 0 Å². The molecule has 0 aromatic heterocycles. The Kier molecular flexibility index (Phi) is 8.35. The molecule has 2 aromatic rings. The second-order valence-electron chi connectivity index (χ2n) is 7.26. The maximum Gasteiger partial charge on any atom is 0.338 e. The van der Waals surface area contributed by atoms with Gasteiger partial charge in [0.05, 0.1) is 18.4 Å². The van der Waals surface area contributed by atoms with Crippen molar-refractivity contribution in [3.8, 4) is 0 Å². The summed E-state index contributed by atoms with van der Waals surface area (Å²) in [4.78, 5) is 12.3. The zero-order chi connectivity index (χ0) is 23.1. The van der Waals surface area contributed by atoms with Gasteiger partial charge in [0.1, 0.15) is 31.0 Å².